The van der Waals surface area contributed by atoms with Gasteiger partial charge in [-0.05, 0) is 37.4 Å². The van der Waals surface area contributed by atoms with E-state index in [-0.39, 0.29) is 30.2 Å². The second kappa shape index (κ2) is 5.25. The summed E-state index contributed by atoms with van der Waals surface area (Å²) in [5, 5.41) is 2.80. The quantitative estimate of drug-likeness (QED) is 0.854. The van der Waals surface area contributed by atoms with E-state index in [1.807, 2.05) is 24.3 Å². The highest BCUT2D eigenvalue weighted by Gasteiger charge is 2.37. The average Bonchev–Trinajstić information content (AvgIpc) is 2.94. The highest BCUT2D eigenvalue weighted by Crippen LogP contribution is 2.36. The standard InChI is InChI=1S/C15H19N3O2/c16-8-10-4-3-5-11(10)15(20)18-9-14(19)17-12-6-1-2-7-13(12)18/h1-2,6-7,10-11H,3-5,8-9,16H2,(H,17,19). The van der Waals surface area contributed by atoms with Crippen molar-refractivity contribution in [2.24, 2.45) is 17.6 Å². The maximum absolute atomic E-state index is 12.8. The molecule has 2 amide bonds. The van der Waals surface area contributed by atoms with Crippen LogP contribution in [0.25, 0.3) is 0 Å². The van der Waals surface area contributed by atoms with Crippen LogP contribution in [-0.4, -0.2) is 24.9 Å². The van der Waals surface area contributed by atoms with Gasteiger partial charge in [0, 0.05) is 5.92 Å². The van der Waals surface area contributed by atoms with E-state index >= 15 is 0 Å². The van der Waals surface area contributed by atoms with Crippen LogP contribution in [0.3, 0.4) is 0 Å². The van der Waals surface area contributed by atoms with Crippen LogP contribution in [0.1, 0.15) is 19.3 Å². The smallest absolute Gasteiger partial charge is 0.244 e. The van der Waals surface area contributed by atoms with Gasteiger partial charge < -0.3 is 16.0 Å². The van der Waals surface area contributed by atoms with Gasteiger partial charge in [-0.1, -0.05) is 18.6 Å². The highest BCUT2D eigenvalue weighted by molar-refractivity contribution is 6.10. The van der Waals surface area contributed by atoms with Gasteiger partial charge >= 0.3 is 0 Å². The van der Waals surface area contributed by atoms with E-state index in [9.17, 15) is 9.59 Å². The SMILES string of the molecule is NCC1CCCC1C(=O)N1CC(=O)Nc2ccccc21. The number of hydrogen-bond acceptors (Lipinski definition) is 3. The molecular weight excluding hydrogens is 254 g/mol. The molecule has 1 fully saturated rings. The summed E-state index contributed by atoms with van der Waals surface area (Å²) in [4.78, 5) is 26.2. The summed E-state index contributed by atoms with van der Waals surface area (Å²) < 4.78 is 0. The molecule has 2 unspecified atom stereocenters. The first-order valence-corrected chi connectivity index (χ1v) is 7.11. The Morgan fingerprint density at radius 1 is 1.35 bits per heavy atom. The Balaban J connectivity index is 1.90. The third kappa shape index (κ3) is 2.18. The maximum Gasteiger partial charge on any atom is 0.244 e. The zero-order chi connectivity index (χ0) is 14.1. The van der Waals surface area contributed by atoms with Crippen LogP contribution in [-0.2, 0) is 9.59 Å². The molecule has 0 spiro atoms. The van der Waals surface area contributed by atoms with E-state index in [2.05, 4.69) is 5.32 Å². The van der Waals surface area contributed by atoms with Gasteiger partial charge in [0.1, 0.15) is 6.54 Å². The number of para-hydroxylation sites is 2. The lowest BCUT2D eigenvalue weighted by Gasteiger charge is -2.32. The Hall–Kier alpha value is -1.88. The fourth-order valence-corrected chi connectivity index (χ4v) is 3.27. The summed E-state index contributed by atoms with van der Waals surface area (Å²) in [5.74, 6) is 0.109. The minimum Gasteiger partial charge on any atom is -0.330 e. The maximum atomic E-state index is 12.8. The van der Waals surface area contributed by atoms with E-state index in [1.54, 1.807) is 4.90 Å². The summed E-state index contributed by atoms with van der Waals surface area (Å²) in [5.41, 5.74) is 7.26. The lowest BCUT2D eigenvalue weighted by molar-refractivity contribution is -0.125. The summed E-state index contributed by atoms with van der Waals surface area (Å²) >= 11 is 0. The summed E-state index contributed by atoms with van der Waals surface area (Å²) in [6.07, 6.45) is 2.93. The average molecular weight is 273 g/mol. The topological polar surface area (TPSA) is 75.4 Å². The summed E-state index contributed by atoms with van der Waals surface area (Å²) in [7, 11) is 0. The number of carbonyl (C=O) groups excluding carboxylic acids is 2. The van der Waals surface area contributed by atoms with Crippen LogP contribution in [0.15, 0.2) is 24.3 Å². The monoisotopic (exact) mass is 273 g/mol. The van der Waals surface area contributed by atoms with Gasteiger partial charge in [-0.15, -0.1) is 0 Å². The third-order valence-electron chi connectivity index (χ3n) is 4.32. The molecule has 1 saturated carbocycles. The molecule has 1 aliphatic heterocycles. The number of anilines is 2. The van der Waals surface area contributed by atoms with Crippen molar-refractivity contribution in [3.8, 4) is 0 Å². The lowest BCUT2D eigenvalue weighted by Crippen LogP contribution is -2.46. The van der Waals surface area contributed by atoms with Crippen molar-refractivity contribution in [2.75, 3.05) is 23.3 Å². The van der Waals surface area contributed by atoms with Crippen LogP contribution in [0.5, 0.6) is 0 Å². The van der Waals surface area contributed by atoms with E-state index in [0.29, 0.717) is 12.2 Å². The van der Waals surface area contributed by atoms with Crippen molar-refractivity contribution in [2.45, 2.75) is 19.3 Å². The first-order chi connectivity index (χ1) is 9.70. The number of carbonyl (C=O) groups is 2. The van der Waals surface area contributed by atoms with Crippen LogP contribution in [0.4, 0.5) is 11.4 Å². The minimum atomic E-state index is -0.139. The Morgan fingerprint density at radius 2 is 2.15 bits per heavy atom. The van der Waals surface area contributed by atoms with Gasteiger partial charge in [0.25, 0.3) is 0 Å². The van der Waals surface area contributed by atoms with Crippen LogP contribution in [0.2, 0.25) is 0 Å². The second-order valence-corrected chi connectivity index (χ2v) is 5.52. The number of nitrogens with zero attached hydrogens (tertiary/aromatic N) is 1. The fourth-order valence-electron chi connectivity index (χ4n) is 3.27. The number of benzene rings is 1. The van der Waals surface area contributed by atoms with Crippen LogP contribution < -0.4 is 16.0 Å². The Bertz CT molecular complexity index is 544. The van der Waals surface area contributed by atoms with Gasteiger partial charge in [0.2, 0.25) is 11.8 Å². The molecule has 1 heterocycles. The molecule has 0 saturated heterocycles. The molecule has 1 aromatic carbocycles. The molecule has 1 aromatic rings. The third-order valence-corrected chi connectivity index (χ3v) is 4.32. The normalized spacial score (nSPS) is 25.2. The van der Waals surface area contributed by atoms with Gasteiger partial charge in [-0.25, -0.2) is 0 Å². The molecule has 1 aliphatic carbocycles. The molecule has 3 N–H and O–H groups in total. The fraction of sp³-hybridized carbons (Fsp3) is 0.467. The largest absolute Gasteiger partial charge is 0.330 e. The van der Waals surface area contributed by atoms with Crippen molar-refractivity contribution < 1.29 is 9.59 Å². The zero-order valence-electron chi connectivity index (χ0n) is 11.3. The first-order valence-electron chi connectivity index (χ1n) is 7.11. The predicted octanol–water partition coefficient (Wildman–Crippen LogP) is 1.35. The van der Waals surface area contributed by atoms with E-state index < -0.39 is 0 Å². The molecule has 0 aromatic heterocycles. The van der Waals surface area contributed by atoms with Crippen molar-refractivity contribution in [1.29, 1.82) is 0 Å². The summed E-state index contributed by atoms with van der Waals surface area (Å²) in [6.45, 7) is 0.641. The Labute approximate surface area is 118 Å². The molecule has 5 heteroatoms. The molecule has 2 aliphatic rings. The Morgan fingerprint density at radius 3 is 2.95 bits per heavy atom. The van der Waals surface area contributed by atoms with E-state index in [1.165, 1.54) is 0 Å². The molecule has 0 bridgehead atoms. The van der Waals surface area contributed by atoms with Crippen LogP contribution in [0, 0.1) is 11.8 Å². The minimum absolute atomic E-state index is 0.0419. The van der Waals surface area contributed by atoms with Gasteiger partial charge in [-0.3, -0.25) is 9.59 Å². The molecule has 3 rings (SSSR count). The molecule has 0 radical (unpaired) electrons. The van der Waals surface area contributed by atoms with Crippen molar-refractivity contribution in [3.05, 3.63) is 24.3 Å². The van der Waals surface area contributed by atoms with E-state index in [4.69, 9.17) is 5.73 Å². The number of amides is 2. The van der Waals surface area contributed by atoms with Crippen molar-refractivity contribution in [3.63, 3.8) is 0 Å². The number of nitrogens with one attached hydrogen (secondary N) is 1. The van der Waals surface area contributed by atoms with Crippen LogP contribution >= 0.6 is 0 Å². The second-order valence-electron chi connectivity index (χ2n) is 5.52. The molecule has 5 nitrogen and oxygen atoms in total. The van der Waals surface area contributed by atoms with Gasteiger partial charge in [0.15, 0.2) is 0 Å². The number of fused-ring (bicyclic) bond motifs is 1. The highest BCUT2D eigenvalue weighted by atomic mass is 16.2. The van der Waals surface area contributed by atoms with Gasteiger partial charge in [0.05, 0.1) is 11.4 Å². The van der Waals surface area contributed by atoms with E-state index in [0.717, 1.165) is 24.9 Å². The lowest BCUT2D eigenvalue weighted by atomic mass is 9.94. The predicted molar refractivity (Wildman–Crippen MR) is 77.3 cm³/mol. The van der Waals surface area contributed by atoms with Crippen molar-refractivity contribution >= 4 is 23.2 Å². The number of nitrogens with two attached hydrogens (primary N) is 1. The molecule has 20 heavy (non-hydrogen) atoms. The molecule has 106 valence electrons. The number of hydrogen-bond donors (Lipinski definition) is 2. The van der Waals surface area contributed by atoms with Gasteiger partial charge in [-0.2, -0.15) is 0 Å². The summed E-state index contributed by atoms with van der Waals surface area (Å²) in [6, 6.07) is 7.43. The molecule has 2 atom stereocenters. The zero-order valence-corrected chi connectivity index (χ0v) is 11.3. The first kappa shape index (κ1) is 13.1. The Kier molecular flexibility index (Phi) is 3.44. The molecular formula is C15H19N3O2. The number of rotatable bonds is 2. The van der Waals surface area contributed by atoms with Crippen molar-refractivity contribution in [1.82, 2.24) is 0 Å².